The molecule has 0 bridgehead atoms. The summed E-state index contributed by atoms with van der Waals surface area (Å²) in [6.45, 7) is 3.07. The van der Waals surface area contributed by atoms with E-state index in [9.17, 15) is 9.59 Å². The van der Waals surface area contributed by atoms with Crippen LogP contribution in [0.15, 0.2) is 12.7 Å². The first-order valence-electron chi connectivity index (χ1n) is 2.13. The predicted molar refractivity (Wildman–Crippen MR) is 35.8 cm³/mol. The Morgan fingerprint density at radius 2 is 2.00 bits per heavy atom. The number of methoxy groups -OCH3 is 1. The van der Waals surface area contributed by atoms with Gasteiger partial charge in [-0.05, 0) is 0 Å². The summed E-state index contributed by atoms with van der Waals surface area (Å²) in [6, 6.07) is 0. The van der Waals surface area contributed by atoms with Gasteiger partial charge in [0.05, 0.1) is 7.11 Å². The zero-order chi connectivity index (χ0) is 7.28. The molecule has 5 heteroatoms. The van der Waals surface area contributed by atoms with Gasteiger partial charge in [-0.2, -0.15) is 0 Å². The minimum absolute atomic E-state index is 0. The maximum absolute atomic E-state index is 10.1. The molecule has 0 saturated heterocycles. The van der Waals surface area contributed by atoms with E-state index in [0.717, 1.165) is 13.2 Å². The molecular weight excluding hydrogens is 163 g/mol. The number of carbonyl (C=O) groups is 2. The topological polar surface area (TPSA) is 52.6 Å². The Balaban J connectivity index is 0. The predicted octanol–water partition coefficient (Wildman–Crippen LogP) is -0.167. The van der Waals surface area contributed by atoms with Gasteiger partial charge < -0.3 is 9.47 Å². The molecule has 0 N–H and O–H groups in total. The van der Waals surface area contributed by atoms with Gasteiger partial charge in [0.2, 0.25) is 0 Å². The van der Waals surface area contributed by atoms with Crippen molar-refractivity contribution < 1.29 is 19.1 Å². The van der Waals surface area contributed by atoms with Gasteiger partial charge in [0.25, 0.3) is 0 Å². The molecule has 0 aliphatic heterocycles. The van der Waals surface area contributed by atoms with Crippen LogP contribution < -0.4 is 0 Å². The van der Waals surface area contributed by atoms with Crippen LogP contribution in [0.2, 0.25) is 0 Å². The Labute approximate surface area is 101 Å². The molecule has 10 heavy (non-hydrogen) atoms. The molecule has 0 aromatic carbocycles. The molecular formula is C5H7KO4. The molecule has 0 atom stereocenters. The average Bonchev–Trinajstić information content (AvgIpc) is 1.87. The Kier molecular flexibility index (Phi) is 9.61. The third-order valence-electron chi connectivity index (χ3n) is 0.517. The zero-order valence-corrected chi connectivity index (χ0v) is 4.92. The fourth-order valence-electron chi connectivity index (χ4n) is 0.165. The van der Waals surface area contributed by atoms with Crippen LogP contribution in [-0.4, -0.2) is 70.6 Å². The number of esters is 1. The molecule has 0 aliphatic rings. The number of carbonyl (C=O) groups excluding carboxylic acids is 2. The van der Waals surface area contributed by atoms with Gasteiger partial charge >= 0.3 is 63.5 Å². The quantitative estimate of drug-likeness (QED) is 0.237. The molecule has 0 heterocycles. The van der Waals surface area contributed by atoms with Gasteiger partial charge in [-0.15, -0.1) is 0 Å². The van der Waals surface area contributed by atoms with Crippen molar-refractivity contribution >= 4 is 63.5 Å². The molecule has 0 rings (SSSR count). The molecule has 0 aromatic heterocycles. The summed E-state index contributed by atoms with van der Waals surface area (Å²) >= 11 is 0. The van der Waals surface area contributed by atoms with Gasteiger partial charge in [-0.1, -0.05) is 6.58 Å². The van der Waals surface area contributed by atoms with E-state index in [-0.39, 0.29) is 51.4 Å². The Morgan fingerprint density at radius 1 is 1.50 bits per heavy atom. The van der Waals surface area contributed by atoms with E-state index in [1.165, 1.54) is 0 Å². The van der Waals surface area contributed by atoms with Gasteiger partial charge in [0.15, 0.2) is 0 Å². The van der Waals surface area contributed by atoms with E-state index in [0.29, 0.717) is 0 Å². The van der Waals surface area contributed by atoms with Crippen LogP contribution in [-0.2, 0) is 14.3 Å². The molecule has 52 valence electrons. The molecule has 0 radical (unpaired) electrons. The van der Waals surface area contributed by atoms with Crippen molar-refractivity contribution in [3.63, 3.8) is 0 Å². The summed E-state index contributed by atoms with van der Waals surface area (Å²) in [5.74, 6) is -0.818. The summed E-state index contributed by atoms with van der Waals surface area (Å²) in [5, 5.41) is 0. The standard InChI is InChI=1S/C5H6O4.K.H/c1-3-4(6)9-5(7)8-2;;/h3H,1H2,2H3;;. The second-order valence-electron chi connectivity index (χ2n) is 1.08. The minimum atomic E-state index is -1.03. The molecule has 4 nitrogen and oxygen atoms in total. The van der Waals surface area contributed by atoms with Crippen LogP contribution in [0, 0.1) is 0 Å². The molecule has 0 saturated carbocycles. The third kappa shape index (κ3) is 6.44. The van der Waals surface area contributed by atoms with Crippen LogP contribution in [0.4, 0.5) is 4.79 Å². The molecule has 0 spiro atoms. The van der Waals surface area contributed by atoms with E-state index in [4.69, 9.17) is 0 Å². The van der Waals surface area contributed by atoms with E-state index in [1.54, 1.807) is 0 Å². The second kappa shape index (κ2) is 7.42. The van der Waals surface area contributed by atoms with E-state index >= 15 is 0 Å². The fraction of sp³-hybridized carbons (Fsp3) is 0.200. The Hall–Kier alpha value is 0.316. The van der Waals surface area contributed by atoms with Crippen LogP contribution in [0.25, 0.3) is 0 Å². The summed E-state index contributed by atoms with van der Waals surface area (Å²) in [6.07, 6.45) is -0.156. The van der Waals surface area contributed by atoms with Crippen molar-refractivity contribution in [3.8, 4) is 0 Å². The van der Waals surface area contributed by atoms with Crippen molar-refractivity contribution in [2.45, 2.75) is 0 Å². The van der Waals surface area contributed by atoms with Crippen LogP contribution >= 0.6 is 0 Å². The molecule has 0 amide bonds. The van der Waals surface area contributed by atoms with Crippen molar-refractivity contribution in [1.29, 1.82) is 0 Å². The summed E-state index contributed by atoms with van der Waals surface area (Å²) < 4.78 is 7.92. The SMILES string of the molecule is C=CC(=O)OC(=O)OC.[KH]. The first-order chi connectivity index (χ1) is 4.20. The number of ether oxygens (including phenoxy) is 2. The van der Waals surface area contributed by atoms with Gasteiger partial charge in [-0.25, -0.2) is 9.59 Å². The molecule has 0 aliphatic carbocycles. The van der Waals surface area contributed by atoms with E-state index in [1.807, 2.05) is 0 Å². The monoisotopic (exact) mass is 170 g/mol. The maximum atomic E-state index is 10.1. The third-order valence-corrected chi connectivity index (χ3v) is 0.517. The van der Waals surface area contributed by atoms with Crippen LogP contribution in [0.5, 0.6) is 0 Å². The van der Waals surface area contributed by atoms with Gasteiger partial charge in [0.1, 0.15) is 0 Å². The fourth-order valence-corrected chi connectivity index (χ4v) is 0.165. The molecule has 0 aromatic rings. The van der Waals surface area contributed by atoms with Crippen molar-refractivity contribution in [3.05, 3.63) is 12.7 Å². The van der Waals surface area contributed by atoms with E-state index < -0.39 is 12.1 Å². The van der Waals surface area contributed by atoms with Crippen molar-refractivity contribution in [1.82, 2.24) is 0 Å². The molecule has 0 unspecified atom stereocenters. The first kappa shape index (κ1) is 12.9. The van der Waals surface area contributed by atoms with E-state index in [2.05, 4.69) is 16.1 Å². The van der Waals surface area contributed by atoms with Crippen LogP contribution in [0.1, 0.15) is 0 Å². The van der Waals surface area contributed by atoms with Gasteiger partial charge in [-0.3, -0.25) is 0 Å². The summed E-state index contributed by atoms with van der Waals surface area (Å²) in [4.78, 5) is 20.2. The summed E-state index contributed by atoms with van der Waals surface area (Å²) in [7, 11) is 1.11. The van der Waals surface area contributed by atoms with Crippen molar-refractivity contribution in [2.75, 3.05) is 7.11 Å². The Morgan fingerprint density at radius 3 is 2.30 bits per heavy atom. The normalized spacial score (nSPS) is 6.90. The Bertz CT molecular complexity index is 143. The van der Waals surface area contributed by atoms with Gasteiger partial charge in [0, 0.05) is 6.08 Å². The van der Waals surface area contributed by atoms with Crippen LogP contribution in [0.3, 0.4) is 0 Å². The zero-order valence-electron chi connectivity index (χ0n) is 4.92. The number of hydrogen-bond acceptors (Lipinski definition) is 4. The second-order valence-corrected chi connectivity index (χ2v) is 1.08. The number of rotatable bonds is 1. The summed E-state index contributed by atoms with van der Waals surface area (Å²) in [5.41, 5.74) is 0. The average molecular weight is 170 g/mol. The number of hydrogen-bond donors (Lipinski definition) is 0. The van der Waals surface area contributed by atoms with Crippen molar-refractivity contribution in [2.24, 2.45) is 0 Å². The first-order valence-corrected chi connectivity index (χ1v) is 2.13. The molecule has 0 fully saturated rings.